The lowest BCUT2D eigenvalue weighted by atomic mass is 10.1. The van der Waals surface area contributed by atoms with Gasteiger partial charge in [0.25, 0.3) is 5.91 Å². The molecule has 1 aliphatic rings. The molecule has 0 radical (unpaired) electrons. The molecule has 1 aliphatic heterocycles. The number of nitrogens with zero attached hydrogens (tertiary/aromatic N) is 3. The van der Waals surface area contributed by atoms with E-state index in [4.69, 9.17) is 10.00 Å². The molecule has 0 unspecified atom stereocenters. The lowest BCUT2D eigenvalue weighted by molar-refractivity contribution is -0.120. The Bertz CT molecular complexity index is 907. The summed E-state index contributed by atoms with van der Waals surface area (Å²) in [5, 5.41) is 8.91. The van der Waals surface area contributed by atoms with Gasteiger partial charge in [-0.25, -0.2) is 4.39 Å². The first-order chi connectivity index (χ1) is 12.5. The quantitative estimate of drug-likeness (QED) is 0.848. The zero-order chi connectivity index (χ0) is 18.7. The number of ether oxygens (including phenoxy) is 1. The monoisotopic (exact) mass is 353 g/mol. The highest BCUT2D eigenvalue weighted by Gasteiger charge is 2.29. The van der Waals surface area contributed by atoms with Gasteiger partial charge in [0.05, 0.1) is 18.7 Å². The number of carbonyl (C=O) groups is 2. The van der Waals surface area contributed by atoms with Crippen molar-refractivity contribution in [3.05, 3.63) is 59.4 Å². The summed E-state index contributed by atoms with van der Waals surface area (Å²) in [4.78, 5) is 28.0. The average Bonchev–Trinajstić information content (AvgIpc) is 2.66. The lowest BCUT2D eigenvalue weighted by Gasteiger charge is -2.34. The van der Waals surface area contributed by atoms with Crippen molar-refractivity contribution in [2.24, 2.45) is 0 Å². The number of hydrogen-bond donors (Lipinski definition) is 0. The van der Waals surface area contributed by atoms with Crippen molar-refractivity contribution < 1.29 is 18.7 Å². The molecule has 0 saturated carbocycles. The van der Waals surface area contributed by atoms with Crippen LogP contribution in [0.5, 0.6) is 5.75 Å². The molecule has 0 aliphatic carbocycles. The molecule has 132 valence electrons. The summed E-state index contributed by atoms with van der Waals surface area (Å²) in [7, 11) is 1.55. The van der Waals surface area contributed by atoms with E-state index in [1.165, 1.54) is 11.0 Å². The van der Waals surface area contributed by atoms with E-state index in [0.717, 1.165) is 12.1 Å². The second-order valence-corrected chi connectivity index (χ2v) is 5.81. The maximum atomic E-state index is 13.6. The molecule has 0 spiro atoms. The van der Waals surface area contributed by atoms with Crippen LogP contribution in [0, 0.1) is 17.1 Å². The Morgan fingerprint density at radius 3 is 2.73 bits per heavy atom. The van der Waals surface area contributed by atoms with Gasteiger partial charge < -0.3 is 14.5 Å². The molecular weight excluding hydrogens is 337 g/mol. The second kappa shape index (κ2) is 7.23. The van der Waals surface area contributed by atoms with Gasteiger partial charge in [-0.1, -0.05) is 6.07 Å². The number of nitriles is 1. The van der Waals surface area contributed by atoms with E-state index in [-0.39, 0.29) is 23.6 Å². The van der Waals surface area contributed by atoms with Crippen molar-refractivity contribution in [1.82, 2.24) is 4.90 Å². The van der Waals surface area contributed by atoms with E-state index >= 15 is 0 Å². The third kappa shape index (κ3) is 3.49. The van der Waals surface area contributed by atoms with Crippen LogP contribution in [-0.4, -0.2) is 43.5 Å². The maximum absolute atomic E-state index is 13.6. The molecule has 7 heteroatoms. The van der Waals surface area contributed by atoms with Crippen LogP contribution < -0.4 is 9.64 Å². The fourth-order valence-corrected chi connectivity index (χ4v) is 2.86. The molecule has 0 N–H and O–H groups in total. The molecule has 0 aromatic heterocycles. The number of hydrogen-bond acceptors (Lipinski definition) is 4. The van der Waals surface area contributed by atoms with E-state index in [1.807, 2.05) is 6.07 Å². The van der Waals surface area contributed by atoms with Gasteiger partial charge in [0.1, 0.15) is 18.1 Å². The molecule has 1 fully saturated rings. The van der Waals surface area contributed by atoms with E-state index in [9.17, 15) is 14.0 Å². The third-order valence-electron chi connectivity index (χ3n) is 4.15. The Kier molecular flexibility index (Phi) is 4.85. The summed E-state index contributed by atoms with van der Waals surface area (Å²) in [6, 6.07) is 12.4. The number of halogens is 1. The van der Waals surface area contributed by atoms with Gasteiger partial charge in [-0.2, -0.15) is 5.26 Å². The standard InChI is InChI=1S/C19H16FN3O3/c1-26-17-4-2-3-16(10-17)23-6-5-22(12-18(23)24)19(25)14-7-13(11-21)8-15(20)9-14/h2-4,7-10H,5-6,12H2,1H3. The third-order valence-corrected chi connectivity index (χ3v) is 4.15. The Hall–Kier alpha value is -3.40. The molecule has 1 heterocycles. The Morgan fingerprint density at radius 2 is 2.04 bits per heavy atom. The minimum absolute atomic E-state index is 0.0594. The summed E-state index contributed by atoms with van der Waals surface area (Å²) in [6.45, 7) is 0.507. The van der Waals surface area contributed by atoms with Crippen molar-refractivity contribution >= 4 is 17.5 Å². The predicted octanol–water partition coefficient (Wildman–Crippen LogP) is 2.19. The number of piperazine rings is 1. The SMILES string of the molecule is COc1cccc(N2CCN(C(=O)c3cc(F)cc(C#N)c3)CC2=O)c1. The van der Waals surface area contributed by atoms with Gasteiger partial charge in [-0.05, 0) is 30.3 Å². The molecule has 2 aromatic rings. The van der Waals surface area contributed by atoms with E-state index < -0.39 is 11.7 Å². The summed E-state index contributed by atoms with van der Waals surface area (Å²) in [6.07, 6.45) is 0. The van der Waals surface area contributed by atoms with Crippen molar-refractivity contribution in [1.29, 1.82) is 5.26 Å². The van der Waals surface area contributed by atoms with Crippen LogP contribution in [0.2, 0.25) is 0 Å². The highest BCUT2D eigenvalue weighted by atomic mass is 19.1. The smallest absolute Gasteiger partial charge is 0.254 e. The Labute approximate surface area is 150 Å². The van der Waals surface area contributed by atoms with Crippen LogP contribution >= 0.6 is 0 Å². The number of rotatable bonds is 3. The van der Waals surface area contributed by atoms with Gasteiger partial charge in [0.2, 0.25) is 5.91 Å². The van der Waals surface area contributed by atoms with Gasteiger partial charge >= 0.3 is 0 Å². The highest BCUT2D eigenvalue weighted by Crippen LogP contribution is 2.23. The summed E-state index contributed by atoms with van der Waals surface area (Å²) in [5.41, 5.74) is 0.817. The molecular formula is C19H16FN3O3. The molecule has 6 nitrogen and oxygen atoms in total. The first-order valence-corrected chi connectivity index (χ1v) is 7.96. The number of carbonyl (C=O) groups excluding carboxylic acids is 2. The molecule has 0 atom stereocenters. The zero-order valence-corrected chi connectivity index (χ0v) is 14.1. The van der Waals surface area contributed by atoms with Crippen molar-refractivity contribution in [3.8, 4) is 11.8 Å². The molecule has 26 heavy (non-hydrogen) atoms. The number of benzene rings is 2. The fraction of sp³-hybridized carbons (Fsp3) is 0.211. The summed E-state index contributed by atoms with van der Waals surface area (Å²) < 4.78 is 18.7. The normalized spacial score (nSPS) is 14.1. The molecule has 0 bridgehead atoms. The Morgan fingerprint density at radius 1 is 1.23 bits per heavy atom. The summed E-state index contributed by atoms with van der Waals surface area (Å²) >= 11 is 0. The Balaban J connectivity index is 1.76. The second-order valence-electron chi connectivity index (χ2n) is 5.81. The van der Waals surface area contributed by atoms with Crippen LogP contribution in [0.3, 0.4) is 0 Å². The van der Waals surface area contributed by atoms with Crippen LogP contribution in [0.25, 0.3) is 0 Å². The molecule has 3 rings (SSSR count). The topological polar surface area (TPSA) is 73.6 Å². The molecule has 1 saturated heterocycles. The fourth-order valence-electron chi connectivity index (χ4n) is 2.86. The predicted molar refractivity (Wildman–Crippen MR) is 92.4 cm³/mol. The van der Waals surface area contributed by atoms with Crippen LogP contribution in [0.1, 0.15) is 15.9 Å². The largest absolute Gasteiger partial charge is 0.497 e. The van der Waals surface area contributed by atoms with Crippen molar-refractivity contribution in [2.75, 3.05) is 31.6 Å². The van der Waals surface area contributed by atoms with E-state index in [0.29, 0.717) is 24.5 Å². The van der Waals surface area contributed by atoms with Crippen molar-refractivity contribution in [3.63, 3.8) is 0 Å². The first-order valence-electron chi connectivity index (χ1n) is 7.96. The molecule has 2 aromatic carbocycles. The van der Waals surface area contributed by atoms with Crippen LogP contribution in [0.15, 0.2) is 42.5 Å². The highest BCUT2D eigenvalue weighted by molar-refractivity contribution is 6.01. The van der Waals surface area contributed by atoms with Gasteiger partial charge in [-0.15, -0.1) is 0 Å². The summed E-state index contributed by atoms with van der Waals surface area (Å²) in [5.74, 6) is -0.735. The van der Waals surface area contributed by atoms with E-state index in [2.05, 4.69) is 0 Å². The van der Waals surface area contributed by atoms with Gasteiger partial charge in [0, 0.05) is 30.4 Å². The van der Waals surface area contributed by atoms with Crippen LogP contribution in [-0.2, 0) is 4.79 Å². The zero-order valence-electron chi connectivity index (χ0n) is 14.1. The van der Waals surface area contributed by atoms with Crippen LogP contribution in [0.4, 0.5) is 10.1 Å². The maximum Gasteiger partial charge on any atom is 0.254 e. The number of anilines is 1. The van der Waals surface area contributed by atoms with Crippen molar-refractivity contribution in [2.45, 2.75) is 0 Å². The average molecular weight is 353 g/mol. The minimum atomic E-state index is -0.659. The number of amides is 2. The van der Waals surface area contributed by atoms with E-state index in [1.54, 1.807) is 36.3 Å². The minimum Gasteiger partial charge on any atom is -0.497 e. The lowest BCUT2D eigenvalue weighted by Crippen LogP contribution is -2.52. The first kappa shape index (κ1) is 17.4. The molecule has 2 amide bonds. The number of methoxy groups -OCH3 is 1. The van der Waals surface area contributed by atoms with Gasteiger partial charge in [-0.3, -0.25) is 9.59 Å². The van der Waals surface area contributed by atoms with Gasteiger partial charge in [0.15, 0.2) is 0 Å².